The predicted molar refractivity (Wildman–Crippen MR) is 118 cm³/mol. The summed E-state index contributed by atoms with van der Waals surface area (Å²) in [5.41, 5.74) is 2.80. The molecular weight excluding hydrogens is 398 g/mol. The van der Waals surface area contributed by atoms with E-state index >= 15 is 0 Å². The van der Waals surface area contributed by atoms with Gasteiger partial charge in [-0.05, 0) is 12.1 Å². The second-order valence-electron chi connectivity index (χ2n) is 7.14. The number of benzene rings is 2. The molecule has 1 aromatic heterocycles. The third-order valence-corrected chi connectivity index (χ3v) is 6.20. The van der Waals surface area contributed by atoms with Gasteiger partial charge in [0.2, 0.25) is 0 Å². The number of methoxy groups -OCH3 is 2. The highest BCUT2D eigenvalue weighted by Crippen LogP contribution is 2.27. The Hall–Kier alpha value is -2.90. The highest BCUT2D eigenvalue weighted by Gasteiger charge is 2.25. The first-order valence-electron chi connectivity index (χ1n) is 9.91. The summed E-state index contributed by atoms with van der Waals surface area (Å²) in [6.45, 7) is 3.81. The van der Waals surface area contributed by atoms with Gasteiger partial charge in [0.25, 0.3) is 5.91 Å². The number of thiazole rings is 1. The molecule has 0 bridgehead atoms. The lowest BCUT2D eigenvalue weighted by Gasteiger charge is -2.34. The molecule has 2 heterocycles. The van der Waals surface area contributed by atoms with Gasteiger partial charge in [0.1, 0.15) is 16.5 Å². The Morgan fingerprint density at radius 1 is 1.03 bits per heavy atom. The Morgan fingerprint density at radius 3 is 2.50 bits per heavy atom. The Labute approximate surface area is 180 Å². The zero-order chi connectivity index (χ0) is 20.9. The zero-order valence-corrected chi connectivity index (χ0v) is 18.0. The molecule has 156 valence electrons. The van der Waals surface area contributed by atoms with Gasteiger partial charge in [-0.25, -0.2) is 4.98 Å². The fourth-order valence-corrected chi connectivity index (χ4v) is 4.39. The molecule has 1 saturated heterocycles. The molecule has 0 aliphatic carbocycles. The number of carbonyl (C=O) groups is 1. The van der Waals surface area contributed by atoms with Crippen LogP contribution in [0.15, 0.2) is 53.9 Å². The first-order valence-corrected chi connectivity index (χ1v) is 10.8. The Bertz CT molecular complexity index is 998. The van der Waals surface area contributed by atoms with E-state index in [-0.39, 0.29) is 5.91 Å². The molecule has 1 aliphatic heterocycles. The van der Waals surface area contributed by atoms with Crippen molar-refractivity contribution in [3.05, 3.63) is 65.2 Å². The largest absolute Gasteiger partial charge is 0.497 e. The van der Waals surface area contributed by atoms with E-state index in [4.69, 9.17) is 14.5 Å². The second kappa shape index (κ2) is 9.28. The van der Waals surface area contributed by atoms with Crippen molar-refractivity contribution in [1.82, 2.24) is 14.8 Å². The van der Waals surface area contributed by atoms with Gasteiger partial charge in [-0.15, -0.1) is 11.3 Å². The van der Waals surface area contributed by atoms with Crippen molar-refractivity contribution in [2.75, 3.05) is 40.4 Å². The molecule has 0 atom stereocenters. The van der Waals surface area contributed by atoms with Gasteiger partial charge in [0.15, 0.2) is 0 Å². The van der Waals surface area contributed by atoms with E-state index in [1.54, 1.807) is 43.8 Å². The first-order chi connectivity index (χ1) is 14.7. The summed E-state index contributed by atoms with van der Waals surface area (Å²) in [5, 5.41) is 3.17. The van der Waals surface area contributed by atoms with Crippen LogP contribution in [0.3, 0.4) is 0 Å². The van der Waals surface area contributed by atoms with Crippen LogP contribution in [0, 0.1) is 0 Å². The number of ether oxygens (including phenoxy) is 2. The summed E-state index contributed by atoms with van der Waals surface area (Å²) in [6, 6.07) is 15.6. The fraction of sp³-hybridized carbons (Fsp3) is 0.304. The summed E-state index contributed by atoms with van der Waals surface area (Å²) in [7, 11) is 3.17. The summed E-state index contributed by atoms with van der Waals surface area (Å²) in [5.74, 6) is 1.21. The lowest BCUT2D eigenvalue weighted by Crippen LogP contribution is -2.48. The number of carbonyl (C=O) groups excluding carboxylic acids is 1. The number of aromatic nitrogens is 1. The maximum absolute atomic E-state index is 13.0. The molecule has 0 radical (unpaired) electrons. The van der Waals surface area contributed by atoms with Gasteiger partial charge in [0.05, 0.1) is 25.5 Å². The van der Waals surface area contributed by atoms with E-state index in [0.717, 1.165) is 35.9 Å². The lowest BCUT2D eigenvalue weighted by molar-refractivity contribution is 0.0624. The minimum atomic E-state index is -0.00539. The Morgan fingerprint density at radius 2 is 1.80 bits per heavy atom. The van der Waals surface area contributed by atoms with Crippen LogP contribution in [-0.4, -0.2) is 61.1 Å². The number of hydrogen-bond acceptors (Lipinski definition) is 6. The van der Waals surface area contributed by atoms with Crippen molar-refractivity contribution >= 4 is 17.2 Å². The van der Waals surface area contributed by atoms with E-state index in [0.29, 0.717) is 30.2 Å². The van der Waals surface area contributed by atoms with Crippen molar-refractivity contribution in [2.45, 2.75) is 6.54 Å². The third-order valence-electron chi connectivity index (χ3n) is 5.26. The maximum atomic E-state index is 13.0. The third kappa shape index (κ3) is 4.47. The van der Waals surface area contributed by atoms with Gasteiger partial charge in [0, 0.05) is 49.7 Å². The van der Waals surface area contributed by atoms with Crippen molar-refractivity contribution in [1.29, 1.82) is 0 Å². The monoisotopic (exact) mass is 423 g/mol. The molecule has 4 rings (SSSR count). The van der Waals surface area contributed by atoms with Crippen molar-refractivity contribution in [2.24, 2.45) is 0 Å². The molecule has 7 heteroatoms. The maximum Gasteiger partial charge on any atom is 0.257 e. The molecule has 0 N–H and O–H groups in total. The average Bonchev–Trinajstić information content (AvgIpc) is 3.27. The molecule has 1 aliphatic rings. The Kier molecular flexibility index (Phi) is 6.30. The number of amides is 1. The van der Waals surface area contributed by atoms with E-state index in [2.05, 4.69) is 22.4 Å². The van der Waals surface area contributed by atoms with E-state index in [1.807, 2.05) is 23.1 Å². The molecule has 30 heavy (non-hydrogen) atoms. The van der Waals surface area contributed by atoms with Gasteiger partial charge >= 0.3 is 0 Å². The quantitative estimate of drug-likeness (QED) is 0.604. The molecule has 0 spiro atoms. The minimum absolute atomic E-state index is 0.00539. The number of rotatable bonds is 6. The fourth-order valence-electron chi connectivity index (χ4n) is 3.58. The first kappa shape index (κ1) is 20.4. The van der Waals surface area contributed by atoms with Crippen LogP contribution in [0.2, 0.25) is 0 Å². The highest BCUT2D eigenvalue weighted by atomic mass is 32.1. The van der Waals surface area contributed by atoms with Crippen molar-refractivity contribution in [3.63, 3.8) is 0 Å². The van der Waals surface area contributed by atoms with Crippen LogP contribution in [0.5, 0.6) is 11.5 Å². The molecule has 6 nitrogen and oxygen atoms in total. The van der Waals surface area contributed by atoms with E-state index in [9.17, 15) is 4.79 Å². The Balaban J connectivity index is 1.35. The SMILES string of the molecule is COc1ccc(C(=O)N2CCN(Cc3csc(-c4ccccc4)n3)CC2)c(OC)c1. The zero-order valence-electron chi connectivity index (χ0n) is 17.2. The molecule has 3 aromatic rings. The van der Waals surface area contributed by atoms with Gasteiger partial charge in [-0.1, -0.05) is 30.3 Å². The normalized spacial score (nSPS) is 14.5. The summed E-state index contributed by atoms with van der Waals surface area (Å²) in [4.78, 5) is 22.0. The van der Waals surface area contributed by atoms with Crippen molar-refractivity contribution in [3.8, 4) is 22.1 Å². The predicted octanol–water partition coefficient (Wildman–Crippen LogP) is 3.79. The van der Waals surface area contributed by atoms with Crippen LogP contribution in [0.4, 0.5) is 0 Å². The van der Waals surface area contributed by atoms with Crippen LogP contribution in [0.25, 0.3) is 10.6 Å². The van der Waals surface area contributed by atoms with Crippen LogP contribution in [0.1, 0.15) is 16.1 Å². The minimum Gasteiger partial charge on any atom is -0.497 e. The molecular formula is C23H25N3O3S. The lowest BCUT2D eigenvalue weighted by atomic mass is 10.1. The van der Waals surface area contributed by atoms with Crippen molar-refractivity contribution < 1.29 is 14.3 Å². The number of hydrogen-bond donors (Lipinski definition) is 0. The molecule has 1 amide bonds. The van der Waals surface area contributed by atoms with Gasteiger partial charge in [-0.2, -0.15) is 0 Å². The van der Waals surface area contributed by atoms with E-state index < -0.39 is 0 Å². The number of piperazine rings is 1. The van der Waals surface area contributed by atoms with Gasteiger partial charge in [-0.3, -0.25) is 9.69 Å². The molecule has 2 aromatic carbocycles. The molecule has 1 fully saturated rings. The smallest absolute Gasteiger partial charge is 0.257 e. The van der Waals surface area contributed by atoms with Crippen LogP contribution < -0.4 is 9.47 Å². The topological polar surface area (TPSA) is 54.9 Å². The summed E-state index contributed by atoms with van der Waals surface area (Å²) < 4.78 is 10.6. The summed E-state index contributed by atoms with van der Waals surface area (Å²) in [6.07, 6.45) is 0. The molecule has 0 unspecified atom stereocenters. The standard InChI is InChI=1S/C23H25N3O3S/c1-28-19-8-9-20(21(14-19)29-2)23(27)26-12-10-25(11-13-26)15-18-16-30-22(24-18)17-6-4-3-5-7-17/h3-9,14,16H,10-13,15H2,1-2H3. The summed E-state index contributed by atoms with van der Waals surface area (Å²) >= 11 is 1.67. The van der Waals surface area contributed by atoms with Crippen LogP contribution >= 0.6 is 11.3 Å². The van der Waals surface area contributed by atoms with E-state index in [1.165, 1.54) is 0 Å². The average molecular weight is 424 g/mol. The van der Waals surface area contributed by atoms with Crippen LogP contribution in [-0.2, 0) is 6.54 Å². The molecule has 0 saturated carbocycles. The highest BCUT2D eigenvalue weighted by molar-refractivity contribution is 7.13. The number of nitrogens with zero attached hydrogens (tertiary/aromatic N) is 3. The van der Waals surface area contributed by atoms with Gasteiger partial charge < -0.3 is 14.4 Å². The second-order valence-corrected chi connectivity index (χ2v) is 8.00.